The van der Waals surface area contributed by atoms with Crippen LogP contribution in [0.25, 0.3) is 10.9 Å². The van der Waals surface area contributed by atoms with Gasteiger partial charge in [0.05, 0.1) is 13.2 Å². The van der Waals surface area contributed by atoms with Gasteiger partial charge in [-0.25, -0.2) is 4.98 Å². The Hall–Kier alpha value is -2.64. The van der Waals surface area contributed by atoms with Crippen molar-refractivity contribution in [3.63, 3.8) is 0 Å². The lowest BCUT2D eigenvalue weighted by Crippen LogP contribution is -2.29. The van der Waals surface area contributed by atoms with Crippen molar-refractivity contribution in [2.24, 2.45) is 0 Å². The van der Waals surface area contributed by atoms with Crippen LogP contribution in [0, 0.1) is 6.92 Å². The van der Waals surface area contributed by atoms with Gasteiger partial charge in [0, 0.05) is 48.0 Å². The fourth-order valence-electron chi connectivity index (χ4n) is 2.99. The normalized spacial score (nSPS) is 11.4. The fraction of sp³-hybridized carbons (Fsp3) is 0.368. The molecule has 0 unspecified atom stereocenters. The number of hydrogen-bond donors (Lipinski definition) is 3. The molecule has 0 spiro atoms. The van der Waals surface area contributed by atoms with E-state index in [0.29, 0.717) is 31.8 Å². The van der Waals surface area contributed by atoms with Crippen LogP contribution in [0.3, 0.4) is 0 Å². The number of fused-ring (bicyclic) bond motifs is 1. The number of pyridine rings is 1. The van der Waals surface area contributed by atoms with Gasteiger partial charge in [0.2, 0.25) is 0 Å². The predicted octanol–water partition coefficient (Wildman–Crippen LogP) is 1.95. The molecular weight excluding hydrogens is 332 g/mol. The number of imidazole rings is 1. The number of aromatic nitrogens is 3. The number of aryl methyl sites for hydroxylation is 1. The van der Waals surface area contributed by atoms with Crippen molar-refractivity contribution in [3.05, 3.63) is 57.9 Å². The molecule has 0 fully saturated rings. The summed E-state index contributed by atoms with van der Waals surface area (Å²) in [6.45, 7) is 5.92. The van der Waals surface area contributed by atoms with E-state index in [9.17, 15) is 9.90 Å². The minimum absolute atomic E-state index is 0.0209. The van der Waals surface area contributed by atoms with Crippen LogP contribution in [0.5, 0.6) is 5.75 Å². The van der Waals surface area contributed by atoms with Gasteiger partial charge in [-0.3, -0.25) is 9.69 Å². The van der Waals surface area contributed by atoms with Crippen molar-refractivity contribution in [1.82, 2.24) is 19.9 Å². The van der Waals surface area contributed by atoms with Gasteiger partial charge in [0.1, 0.15) is 11.6 Å². The smallest absolute Gasteiger partial charge is 0.252 e. The van der Waals surface area contributed by atoms with Gasteiger partial charge >= 0.3 is 0 Å². The first-order valence-electron chi connectivity index (χ1n) is 8.71. The van der Waals surface area contributed by atoms with E-state index in [0.717, 1.165) is 28.2 Å². The fourth-order valence-corrected chi connectivity index (χ4v) is 2.99. The molecule has 0 amide bonds. The second-order valence-corrected chi connectivity index (χ2v) is 6.23. The van der Waals surface area contributed by atoms with E-state index in [4.69, 9.17) is 4.74 Å². The van der Waals surface area contributed by atoms with E-state index in [-0.39, 0.29) is 12.2 Å². The number of nitrogens with zero attached hydrogens (tertiary/aromatic N) is 2. The highest BCUT2D eigenvalue weighted by molar-refractivity contribution is 5.80. The van der Waals surface area contributed by atoms with Crippen LogP contribution in [0.15, 0.2) is 35.3 Å². The maximum atomic E-state index is 12.4. The maximum Gasteiger partial charge on any atom is 0.252 e. The summed E-state index contributed by atoms with van der Waals surface area (Å²) in [6, 6.07) is 7.51. The van der Waals surface area contributed by atoms with E-state index in [1.165, 1.54) is 0 Å². The lowest BCUT2D eigenvalue weighted by Gasteiger charge is -2.20. The molecule has 0 atom stereocenters. The molecule has 0 saturated carbocycles. The highest BCUT2D eigenvalue weighted by Gasteiger charge is 2.12. The van der Waals surface area contributed by atoms with Crippen molar-refractivity contribution in [3.8, 4) is 5.75 Å². The summed E-state index contributed by atoms with van der Waals surface area (Å²) in [5.41, 5.74) is 2.26. The van der Waals surface area contributed by atoms with E-state index < -0.39 is 0 Å². The third kappa shape index (κ3) is 4.30. The molecule has 2 aromatic heterocycles. The zero-order valence-corrected chi connectivity index (χ0v) is 15.1. The topological polar surface area (TPSA) is 94.2 Å². The van der Waals surface area contributed by atoms with Crippen molar-refractivity contribution >= 4 is 10.9 Å². The van der Waals surface area contributed by atoms with Crippen molar-refractivity contribution in [1.29, 1.82) is 0 Å². The Morgan fingerprint density at radius 1 is 1.23 bits per heavy atom. The third-order valence-corrected chi connectivity index (χ3v) is 4.16. The molecule has 1 aromatic carbocycles. The standard InChI is InChI=1S/C19H24N4O3/c1-3-26-17-4-5-18-14(9-17)8-15(19(25)22-18)11-23(6-7-24)12-16-10-20-13(2)21-16/h4-5,8-10,24H,3,6-7,11-12H2,1-2H3,(H,20,21)(H,22,25). The lowest BCUT2D eigenvalue weighted by atomic mass is 10.1. The Bertz CT molecular complexity index is 932. The zero-order valence-electron chi connectivity index (χ0n) is 15.1. The van der Waals surface area contributed by atoms with Gasteiger partial charge in [-0.1, -0.05) is 0 Å². The highest BCUT2D eigenvalue weighted by Crippen LogP contribution is 2.20. The Kier molecular flexibility index (Phi) is 5.70. The second kappa shape index (κ2) is 8.16. The molecule has 0 saturated heterocycles. The molecule has 0 aliphatic carbocycles. The Morgan fingerprint density at radius 2 is 2.08 bits per heavy atom. The Morgan fingerprint density at radius 3 is 2.77 bits per heavy atom. The van der Waals surface area contributed by atoms with Gasteiger partial charge < -0.3 is 19.8 Å². The summed E-state index contributed by atoms with van der Waals surface area (Å²) in [5.74, 6) is 1.62. The van der Waals surface area contributed by atoms with Crippen molar-refractivity contribution < 1.29 is 9.84 Å². The van der Waals surface area contributed by atoms with Crippen LogP contribution >= 0.6 is 0 Å². The van der Waals surface area contributed by atoms with Gasteiger partial charge in [0.25, 0.3) is 5.56 Å². The number of aliphatic hydroxyl groups is 1. The number of H-pyrrole nitrogens is 2. The first kappa shape index (κ1) is 18.2. The molecule has 0 aliphatic heterocycles. The molecule has 3 aromatic rings. The van der Waals surface area contributed by atoms with Crippen LogP contribution in [0.1, 0.15) is 24.0 Å². The summed E-state index contributed by atoms with van der Waals surface area (Å²) in [4.78, 5) is 24.8. The molecule has 0 aliphatic rings. The molecular formula is C19H24N4O3. The molecule has 3 N–H and O–H groups in total. The van der Waals surface area contributed by atoms with Crippen LogP contribution in [-0.4, -0.2) is 44.7 Å². The van der Waals surface area contributed by atoms with Gasteiger partial charge in [-0.2, -0.15) is 0 Å². The first-order valence-corrected chi connectivity index (χ1v) is 8.71. The number of rotatable bonds is 8. The highest BCUT2D eigenvalue weighted by atomic mass is 16.5. The molecule has 7 heteroatoms. The average Bonchev–Trinajstić information content (AvgIpc) is 3.01. The van der Waals surface area contributed by atoms with Crippen molar-refractivity contribution in [2.45, 2.75) is 26.9 Å². The number of hydrogen-bond acceptors (Lipinski definition) is 5. The first-order chi connectivity index (χ1) is 12.6. The van der Waals surface area contributed by atoms with Crippen LogP contribution in [0.4, 0.5) is 0 Å². The summed E-state index contributed by atoms with van der Waals surface area (Å²) in [6.07, 6.45) is 1.78. The number of aromatic amines is 2. The molecule has 0 bridgehead atoms. The summed E-state index contributed by atoms with van der Waals surface area (Å²) in [7, 11) is 0. The Balaban J connectivity index is 1.86. The van der Waals surface area contributed by atoms with Gasteiger partial charge in [-0.05, 0) is 38.1 Å². The van der Waals surface area contributed by atoms with E-state index in [2.05, 4.69) is 15.0 Å². The maximum absolute atomic E-state index is 12.4. The lowest BCUT2D eigenvalue weighted by molar-refractivity contribution is 0.182. The quantitative estimate of drug-likeness (QED) is 0.573. The second-order valence-electron chi connectivity index (χ2n) is 6.23. The molecule has 138 valence electrons. The largest absolute Gasteiger partial charge is 0.494 e. The van der Waals surface area contributed by atoms with E-state index >= 15 is 0 Å². The molecule has 3 rings (SSSR count). The number of aliphatic hydroxyl groups excluding tert-OH is 1. The predicted molar refractivity (Wildman–Crippen MR) is 100 cm³/mol. The van der Waals surface area contributed by atoms with E-state index in [1.54, 1.807) is 6.20 Å². The number of ether oxygens (including phenoxy) is 1. The Labute approximate surface area is 151 Å². The van der Waals surface area contributed by atoms with Crippen LogP contribution in [0.2, 0.25) is 0 Å². The third-order valence-electron chi connectivity index (χ3n) is 4.16. The van der Waals surface area contributed by atoms with Gasteiger partial charge in [-0.15, -0.1) is 0 Å². The summed E-state index contributed by atoms with van der Waals surface area (Å²) < 4.78 is 5.54. The summed E-state index contributed by atoms with van der Waals surface area (Å²) in [5, 5.41) is 10.3. The SMILES string of the molecule is CCOc1ccc2[nH]c(=O)c(CN(CCO)Cc3cnc(C)[nH]3)cc2c1. The van der Waals surface area contributed by atoms with E-state index in [1.807, 2.05) is 43.0 Å². The molecule has 2 heterocycles. The average molecular weight is 356 g/mol. The minimum Gasteiger partial charge on any atom is -0.494 e. The number of benzene rings is 1. The van der Waals surface area contributed by atoms with Crippen LogP contribution in [-0.2, 0) is 13.1 Å². The van der Waals surface area contributed by atoms with Crippen molar-refractivity contribution in [2.75, 3.05) is 19.8 Å². The zero-order chi connectivity index (χ0) is 18.5. The summed E-state index contributed by atoms with van der Waals surface area (Å²) >= 11 is 0. The van der Waals surface area contributed by atoms with Gasteiger partial charge in [0.15, 0.2) is 0 Å². The molecule has 26 heavy (non-hydrogen) atoms. The minimum atomic E-state index is -0.120. The number of nitrogens with one attached hydrogen (secondary N) is 2. The molecule has 7 nitrogen and oxygen atoms in total. The monoisotopic (exact) mass is 356 g/mol. The molecule has 0 radical (unpaired) electrons. The van der Waals surface area contributed by atoms with Crippen LogP contribution < -0.4 is 10.3 Å².